The third-order valence-corrected chi connectivity index (χ3v) is 3.80. The molecular formula is C16H13NOS. The van der Waals surface area contributed by atoms with Gasteiger partial charge < -0.3 is 4.90 Å². The summed E-state index contributed by atoms with van der Waals surface area (Å²) in [5.41, 5.74) is 2.09. The molecule has 1 aliphatic rings. The quantitative estimate of drug-likeness (QED) is 0.629. The first kappa shape index (κ1) is 12.1. The number of thiocarbonyl (C=S) groups is 1. The Labute approximate surface area is 117 Å². The van der Waals surface area contributed by atoms with Crippen LogP contribution >= 0.6 is 12.2 Å². The second-order valence-corrected chi connectivity index (χ2v) is 5.01. The van der Waals surface area contributed by atoms with Crippen molar-refractivity contribution in [3.8, 4) is 0 Å². The van der Waals surface area contributed by atoms with Crippen molar-refractivity contribution in [3.05, 3.63) is 71.8 Å². The van der Waals surface area contributed by atoms with Crippen molar-refractivity contribution in [2.75, 3.05) is 0 Å². The lowest BCUT2D eigenvalue weighted by atomic mass is 9.90. The van der Waals surface area contributed by atoms with Crippen LogP contribution in [0.15, 0.2) is 60.7 Å². The van der Waals surface area contributed by atoms with E-state index in [4.69, 9.17) is 12.2 Å². The number of rotatable bonds is 3. The second-order valence-electron chi connectivity index (χ2n) is 4.59. The number of benzene rings is 2. The van der Waals surface area contributed by atoms with Gasteiger partial charge in [-0.25, -0.2) is 0 Å². The number of nitrogens with zero attached hydrogens (tertiary/aromatic N) is 1. The molecule has 1 fully saturated rings. The zero-order valence-corrected chi connectivity index (χ0v) is 11.1. The van der Waals surface area contributed by atoms with Gasteiger partial charge in [0.25, 0.3) is 0 Å². The van der Waals surface area contributed by atoms with E-state index in [0.717, 1.165) is 16.1 Å². The van der Waals surface area contributed by atoms with E-state index in [1.54, 1.807) is 4.90 Å². The molecule has 0 saturated carbocycles. The van der Waals surface area contributed by atoms with Crippen LogP contribution in [0.4, 0.5) is 0 Å². The zero-order chi connectivity index (χ0) is 13.2. The molecular weight excluding hydrogens is 254 g/mol. The van der Waals surface area contributed by atoms with Gasteiger partial charge in [-0.3, -0.25) is 4.79 Å². The molecule has 19 heavy (non-hydrogen) atoms. The molecule has 0 aliphatic carbocycles. The summed E-state index contributed by atoms with van der Waals surface area (Å²) in [6.45, 7) is 0.571. The third kappa shape index (κ3) is 2.17. The number of amides is 1. The van der Waals surface area contributed by atoms with E-state index in [2.05, 4.69) is 0 Å². The largest absolute Gasteiger partial charge is 0.300 e. The van der Waals surface area contributed by atoms with Crippen LogP contribution in [0.3, 0.4) is 0 Å². The van der Waals surface area contributed by atoms with Crippen LogP contribution in [0.1, 0.15) is 17.0 Å². The highest BCUT2D eigenvalue weighted by atomic mass is 32.1. The van der Waals surface area contributed by atoms with E-state index in [-0.39, 0.29) is 11.8 Å². The van der Waals surface area contributed by atoms with Crippen molar-refractivity contribution in [3.63, 3.8) is 0 Å². The predicted molar refractivity (Wildman–Crippen MR) is 78.8 cm³/mol. The van der Waals surface area contributed by atoms with E-state index in [0.29, 0.717) is 6.54 Å². The summed E-state index contributed by atoms with van der Waals surface area (Å²) >= 11 is 5.39. The van der Waals surface area contributed by atoms with Crippen LogP contribution in [-0.2, 0) is 11.3 Å². The molecule has 2 aromatic rings. The van der Waals surface area contributed by atoms with Crippen LogP contribution in [0.5, 0.6) is 0 Å². The summed E-state index contributed by atoms with van der Waals surface area (Å²) in [6.07, 6.45) is 0. The van der Waals surface area contributed by atoms with Crippen molar-refractivity contribution in [2.24, 2.45) is 0 Å². The summed E-state index contributed by atoms with van der Waals surface area (Å²) in [7, 11) is 0. The molecule has 0 aromatic heterocycles. The number of β-lactam (4-membered cyclic amide) rings is 1. The molecule has 1 amide bonds. The van der Waals surface area contributed by atoms with Gasteiger partial charge in [0.05, 0.1) is 6.54 Å². The van der Waals surface area contributed by atoms with Gasteiger partial charge in [-0.15, -0.1) is 0 Å². The van der Waals surface area contributed by atoms with Crippen LogP contribution < -0.4 is 0 Å². The Hall–Kier alpha value is -2.00. The van der Waals surface area contributed by atoms with Gasteiger partial charge >= 0.3 is 0 Å². The number of hydrogen-bond acceptors (Lipinski definition) is 2. The standard InChI is InChI=1S/C16H13NOS/c18-15-14(13-9-5-2-6-10-13)16(19)17(15)11-12-7-3-1-4-8-12/h1-10,14H,11H2. The molecule has 1 heterocycles. The SMILES string of the molecule is O=C1C(c2ccccc2)C(=S)N1Cc1ccccc1. The van der Waals surface area contributed by atoms with Gasteiger partial charge in [0.15, 0.2) is 0 Å². The van der Waals surface area contributed by atoms with Crippen LogP contribution in [0.25, 0.3) is 0 Å². The van der Waals surface area contributed by atoms with Crippen LogP contribution in [-0.4, -0.2) is 15.8 Å². The number of hydrogen-bond donors (Lipinski definition) is 0. The molecule has 2 nitrogen and oxygen atoms in total. The highest BCUT2D eigenvalue weighted by Gasteiger charge is 2.43. The van der Waals surface area contributed by atoms with Gasteiger partial charge in [-0.1, -0.05) is 72.9 Å². The summed E-state index contributed by atoms with van der Waals surface area (Å²) in [4.78, 5) is 14.6. The molecule has 2 aromatic carbocycles. The van der Waals surface area contributed by atoms with E-state index >= 15 is 0 Å². The van der Waals surface area contributed by atoms with E-state index in [9.17, 15) is 4.79 Å². The predicted octanol–water partition coefficient (Wildman–Crippen LogP) is 3.14. The van der Waals surface area contributed by atoms with Crippen molar-refractivity contribution in [1.29, 1.82) is 0 Å². The minimum atomic E-state index is -0.236. The summed E-state index contributed by atoms with van der Waals surface area (Å²) in [5, 5.41) is 0. The lowest BCUT2D eigenvalue weighted by Crippen LogP contribution is -2.54. The monoisotopic (exact) mass is 267 g/mol. The highest BCUT2D eigenvalue weighted by molar-refractivity contribution is 7.80. The Morgan fingerprint density at radius 1 is 0.947 bits per heavy atom. The molecule has 0 N–H and O–H groups in total. The fourth-order valence-electron chi connectivity index (χ4n) is 2.31. The normalized spacial score (nSPS) is 18.3. The maximum Gasteiger partial charge on any atom is 0.242 e. The Balaban J connectivity index is 1.75. The zero-order valence-electron chi connectivity index (χ0n) is 10.3. The fourth-order valence-corrected chi connectivity index (χ4v) is 2.70. The number of carbonyl (C=O) groups is 1. The fraction of sp³-hybridized carbons (Fsp3) is 0.125. The Kier molecular flexibility index (Phi) is 3.13. The van der Waals surface area contributed by atoms with E-state index in [1.807, 2.05) is 60.7 Å². The molecule has 3 heteroatoms. The maximum atomic E-state index is 12.2. The molecule has 1 aliphatic heterocycles. The minimum absolute atomic E-state index is 0.0973. The maximum absolute atomic E-state index is 12.2. The number of likely N-dealkylation sites (tertiary alicyclic amines) is 1. The first-order chi connectivity index (χ1) is 9.27. The molecule has 94 valence electrons. The first-order valence-electron chi connectivity index (χ1n) is 6.21. The average Bonchev–Trinajstić information content (AvgIpc) is 2.47. The van der Waals surface area contributed by atoms with E-state index in [1.165, 1.54) is 0 Å². The Morgan fingerprint density at radius 3 is 2.11 bits per heavy atom. The third-order valence-electron chi connectivity index (χ3n) is 3.34. The molecule has 1 atom stereocenters. The Morgan fingerprint density at radius 2 is 1.53 bits per heavy atom. The van der Waals surface area contributed by atoms with Gasteiger partial charge in [-0.05, 0) is 11.1 Å². The smallest absolute Gasteiger partial charge is 0.242 e. The lowest BCUT2D eigenvalue weighted by Gasteiger charge is -2.39. The van der Waals surface area contributed by atoms with Gasteiger partial charge in [0.1, 0.15) is 10.9 Å². The van der Waals surface area contributed by atoms with Crippen molar-refractivity contribution in [2.45, 2.75) is 12.5 Å². The van der Waals surface area contributed by atoms with Gasteiger partial charge in [0, 0.05) is 0 Å². The first-order valence-corrected chi connectivity index (χ1v) is 6.62. The molecule has 1 unspecified atom stereocenters. The summed E-state index contributed by atoms with van der Waals surface area (Å²) < 4.78 is 0. The van der Waals surface area contributed by atoms with Crippen molar-refractivity contribution in [1.82, 2.24) is 4.90 Å². The minimum Gasteiger partial charge on any atom is -0.300 e. The average molecular weight is 267 g/mol. The molecule has 1 saturated heterocycles. The van der Waals surface area contributed by atoms with Gasteiger partial charge in [0.2, 0.25) is 5.91 Å². The van der Waals surface area contributed by atoms with Crippen molar-refractivity contribution < 1.29 is 4.79 Å². The molecule has 0 radical (unpaired) electrons. The summed E-state index contributed by atoms with van der Waals surface area (Å²) in [5.74, 6) is -0.139. The summed E-state index contributed by atoms with van der Waals surface area (Å²) in [6, 6.07) is 19.6. The van der Waals surface area contributed by atoms with Crippen LogP contribution in [0.2, 0.25) is 0 Å². The molecule has 0 spiro atoms. The molecule has 3 rings (SSSR count). The van der Waals surface area contributed by atoms with Gasteiger partial charge in [-0.2, -0.15) is 0 Å². The van der Waals surface area contributed by atoms with Crippen LogP contribution in [0, 0.1) is 0 Å². The lowest BCUT2D eigenvalue weighted by molar-refractivity contribution is -0.132. The van der Waals surface area contributed by atoms with E-state index < -0.39 is 0 Å². The number of carbonyl (C=O) groups excluding carboxylic acids is 1. The highest BCUT2D eigenvalue weighted by Crippen LogP contribution is 2.32. The Bertz CT molecular complexity index is 593. The van der Waals surface area contributed by atoms with Crippen molar-refractivity contribution >= 4 is 23.1 Å². The molecule has 0 bridgehead atoms. The second kappa shape index (κ2) is 4.94. The topological polar surface area (TPSA) is 20.3 Å².